The van der Waals surface area contributed by atoms with Gasteiger partial charge >= 0.3 is 21.1 Å². The van der Waals surface area contributed by atoms with Crippen molar-refractivity contribution in [1.82, 2.24) is 0 Å². The van der Waals surface area contributed by atoms with E-state index < -0.39 is 11.9 Å². The fourth-order valence-corrected chi connectivity index (χ4v) is 1.50. The van der Waals surface area contributed by atoms with Crippen LogP contribution in [0, 0.1) is 0 Å². The van der Waals surface area contributed by atoms with Crippen molar-refractivity contribution in [2.45, 2.75) is 0 Å². The fraction of sp³-hybridized carbons (Fsp3) is 0.667. The maximum absolute atomic E-state index is 8.93. The molecule has 0 saturated carbocycles. The van der Waals surface area contributed by atoms with E-state index in [0.717, 1.165) is 0 Å². The molecule has 0 fully saturated rings. The quantitative estimate of drug-likeness (QED) is 0.407. The van der Waals surface area contributed by atoms with Crippen molar-refractivity contribution in [2.75, 3.05) is 24.0 Å². The number of carbonyl (C=O) groups is 2. The van der Waals surface area contributed by atoms with Gasteiger partial charge in [0.15, 0.2) is 0 Å². The number of hydrogen-bond donors (Lipinski definition) is 0. The van der Waals surface area contributed by atoms with Crippen LogP contribution in [-0.4, -0.2) is 36.0 Å². The van der Waals surface area contributed by atoms with Crippen LogP contribution in [0.4, 0.5) is 0 Å². The molecular formula is C6H10O4PtS2. The smallest absolute Gasteiger partial charge is 0.543 e. The van der Waals surface area contributed by atoms with Gasteiger partial charge in [0.1, 0.15) is 0 Å². The van der Waals surface area contributed by atoms with Crippen LogP contribution in [0.15, 0.2) is 0 Å². The van der Waals surface area contributed by atoms with Crippen molar-refractivity contribution in [3.63, 3.8) is 0 Å². The van der Waals surface area contributed by atoms with Gasteiger partial charge in [-0.25, -0.2) is 0 Å². The van der Waals surface area contributed by atoms with Gasteiger partial charge in [-0.05, 0) is 12.5 Å². The van der Waals surface area contributed by atoms with E-state index in [-0.39, 0.29) is 21.1 Å². The van der Waals surface area contributed by atoms with Crippen molar-refractivity contribution < 1.29 is 40.9 Å². The first-order chi connectivity index (χ1) is 5.56. The molecule has 0 aromatic rings. The number of aliphatic carboxylic acids is 2. The average molecular weight is 405 g/mol. The van der Waals surface area contributed by atoms with Crippen molar-refractivity contribution in [3.8, 4) is 0 Å². The molecule has 0 atom stereocenters. The van der Waals surface area contributed by atoms with Crippen LogP contribution in [-0.2, 0) is 30.7 Å². The fourth-order valence-electron chi connectivity index (χ4n) is 0.167. The van der Waals surface area contributed by atoms with Gasteiger partial charge in [0.05, 0.1) is 11.9 Å². The largest absolute Gasteiger partial charge is 2.00 e. The minimum absolute atomic E-state index is 0. The average Bonchev–Trinajstić information content (AvgIpc) is 2.02. The Bertz CT molecular complexity index is 127. The maximum atomic E-state index is 8.93. The summed E-state index contributed by atoms with van der Waals surface area (Å²) < 4.78 is 0. The molecule has 0 rings (SSSR count). The molecule has 0 unspecified atom stereocenters. The molecule has 4 nitrogen and oxygen atoms in total. The van der Waals surface area contributed by atoms with Gasteiger partial charge in [-0.3, -0.25) is 0 Å². The van der Waals surface area contributed by atoms with Crippen LogP contribution in [0.5, 0.6) is 0 Å². The van der Waals surface area contributed by atoms with Crippen molar-refractivity contribution in [1.29, 1.82) is 0 Å². The van der Waals surface area contributed by atoms with E-state index in [4.69, 9.17) is 19.8 Å². The van der Waals surface area contributed by atoms with E-state index >= 15 is 0 Å². The summed E-state index contributed by atoms with van der Waals surface area (Å²) >= 11 is 3.81. The van der Waals surface area contributed by atoms with Crippen molar-refractivity contribution >= 4 is 35.5 Å². The summed E-state index contributed by atoms with van der Waals surface area (Å²) in [6.45, 7) is 0. The summed E-state index contributed by atoms with van der Waals surface area (Å²) in [4.78, 5) is 17.9. The minimum Gasteiger partial charge on any atom is -0.543 e. The Morgan fingerprint density at radius 2 is 1.23 bits per heavy atom. The molecule has 0 spiro atoms. The first-order valence-electron chi connectivity index (χ1n) is 2.96. The second-order valence-electron chi connectivity index (χ2n) is 1.56. The molecule has 0 aromatic heterocycles. The number of carboxylic acids is 2. The van der Waals surface area contributed by atoms with Crippen LogP contribution in [0.2, 0.25) is 0 Å². The number of rotatable bonds is 3. The molecule has 0 heterocycles. The Kier molecular flexibility index (Phi) is 21.7. The molecule has 0 radical (unpaired) electrons. The third kappa shape index (κ3) is 24.5. The molecule has 80 valence electrons. The zero-order valence-corrected chi connectivity index (χ0v) is 11.1. The SMILES string of the molecule is CSCCSC.O=C([O-])C(=O)[O-].[Pt+2]. The monoisotopic (exact) mass is 405 g/mol. The Morgan fingerprint density at radius 1 is 1.00 bits per heavy atom. The van der Waals surface area contributed by atoms with E-state index in [9.17, 15) is 0 Å². The minimum atomic E-state index is -2.19. The summed E-state index contributed by atoms with van der Waals surface area (Å²) in [5.74, 6) is -1.78. The number of thioether (sulfide) groups is 2. The summed E-state index contributed by atoms with van der Waals surface area (Å²) in [7, 11) is 0. The standard InChI is InChI=1S/C4H10S2.C2H2O4.Pt/c1-5-3-4-6-2;3-1(4)2(5)6;/h3-4H2,1-2H3;(H,3,4)(H,5,6);/q;;+2/p-2. The zero-order chi connectivity index (χ0) is 9.98. The summed E-state index contributed by atoms with van der Waals surface area (Å²) in [5, 5.41) is 17.9. The first kappa shape index (κ1) is 19.0. The molecule has 0 aliphatic carbocycles. The van der Waals surface area contributed by atoms with Gasteiger partial charge in [-0.15, -0.1) is 0 Å². The summed E-state index contributed by atoms with van der Waals surface area (Å²) in [6.07, 6.45) is 4.27. The molecule has 0 amide bonds. The summed E-state index contributed by atoms with van der Waals surface area (Å²) in [5.41, 5.74) is 0. The van der Waals surface area contributed by atoms with Crippen molar-refractivity contribution in [3.05, 3.63) is 0 Å². The number of carboxylic acid groups (broad SMARTS) is 2. The van der Waals surface area contributed by atoms with E-state index in [0.29, 0.717) is 0 Å². The second-order valence-corrected chi connectivity index (χ2v) is 3.53. The third-order valence-corrected chi connectivity index (χ3v) is 2.14. The second kappa shape index (κ2) is 14.8. The molecule has 0 aromatic carbocycles. The molecule has 0 aliphatic heterocycles. The van der Waals surface area contributed by atoms with E-state index in [2.05, 4.69) is 12.5 Å². The van der Waals surface area contributed by atoms with Crippen molar-refractivity contribution in [2.24, 2.45) is 0 Å². The predicted octanol–water partition coefficient (Wildman–Crippen LogP) is -1.80. The molecule has 13 heavy (non-hydrogen) atoms. The van der Waals surface area contributed by atoms with Crippen LogP contribution < -0.4 is 10.2 Å². The molecular weight excluding hydrogens is 395 g/mol. The molecule has 0 saturated heterocycles. The first-order valence-corrected chi connectivity index (χ1v) is 5.75. The van der Waals surface area contributed by atoms with Gasteiger partial charge in [-0.2, -0.15) is 23.5 Å². The maximum Gasteiger partial charge on any atom is 2.00 e. The number of hydrogen-bond acceptors (Lipinski definition) is 6. The molecule has 7 heteroatoms. The Balaban J connectivity index is -0.000000143. The number of carbonyl (C=O) groups excluding carboxylic acids is 2. The van der Waals surface area contributed by atoms with Gasteiger partial charge in [0, 0.05) is 11.5 Å². The van der Waals surface area contributed by atoms with E-state index in [1.165, 1.54) is 11.5 Å². The topological polar surface area (TPSA) is 80.3 Å². The Labute approximate surface area is 100 Å². The van der Waals surface area contributed by atoms with Gasteiger partial charge in [-0.1, -0.05) is 0 Å². The van der Waals surface area contributed by atoms with Gasteiger partial charge in [0.2, 0.25) is 0 Å². The Morgan fingerprint density at radius 3 is 1.31 bits per heavy atom. The van der Waals surface area contributed by atoms with Crippen LogP contribution in [0.3, 0.4) is 0 Å². The predicted molar refractivity (Wildman–Crippen MR) is 46.8 cm³/mol. The van der Waals surface area contributed by atoms with E-state index in [1.807, 2.05) is 23.5 Å². The van der Waals surface area contributed by atoms with Crippen LogP contribution >= 0.6 is 23.5 Å². The third-order valence-electron chi connectivity index (χ3n) is 0.658. The molecule has 0 aliphatic rings. The van der Waals surface area contributed by atoms with Crippen LogP contribution in [0.1, 0.15) is 0 Å². The molecule has 0 N–H and O–H groups in total. The van der Waals surface area contributed by atoms with Gasteiger partial charge in [0.25, 0.3) is 0 Å². The summed E-state index contributed by atoms with van der Waals surface area (Å²) in [6, 6.07) is 0. The molecule has 0 bridgehead atoms. The van der Waals surface area contributed by atoms with E-state index in [1.54, 1.807) is 0 Å². The van der Waals surface area contributed by atoms with Crippen LogP contribution in [0.25, 0.3) is 0 Å². The normalized spacial score (nSPS) is 7.54. The zero-order valence-electron chi connectivity index (χ0n) is 7.18. The Hall–Kier alpha value is 0.328. The van der Waals surface area contributed by atoms with Gasteiger partial charge < -0.3 is 19.8 Å².